The van der Waals surface area contributed by atoms with Crippen LogP contribution in [0.5, 0.6) is 0 Å². The summed E-state index contributed by atoms with van der Waals surface area (Å²) >= 11 is 1.29. The largest absolute Gasteiger partial charge is 0.299 e. The Labute approximate surface area is 229 Å². The maximum atomic E-state index is 14.8. The van der Waals surface area contributed by atoms with Gasteiger partial charge in [0.2, 0.25) is 0 Å². The van der Waals surface area contributed by atoms with E-state index in [0.29, 0.717) is 35.9 Å². The highest BCUT2D eigenvalue weighted by Gasteiger charge is 2.37. The van der Waals surface area contributed by atoms with E-state index in [1.807, 2.05) is 24.3 Å². The Morgan fingerprint density at radius 1 is 1.03 bits per heavy atom. The van der Waals surface area contributed by atoms with Gasteiger partial charge in [0.1, 0.15) is 33.7 Å². The first-order chi connectivity index (χ1) is 18.8. The van der Waals surface area contributed by atoms with Crippen molar-refractivity contribution in [3.05, 3.63) is 118 Å². The van der Waals surface area contributed by atoms with E-state index in [2.05, 4.69) is 11.2 Å². The average Bonchev–Trinajstić information content (AvgIpc) is 3.58. The van der Waals surface area contributed by atoms with Gasteiger partial charge >= 0.3 is 0 Å². The van der Waals surface area contributed by atoms with Crippen LogP contribution in [0, 0.1) is 24.4 Å². The van der Waals surface area contributed by atoms with Gasteiger partial charge in [-0.25, -0.2) is 18.2 Å². The zero-order valence-corrected chi connectivity index (χ0v) is 22.2. The highest BCUT2D eigenvalue weighted by molar-refractivity contribution is 8.14. The molecule has 1 unspecified atom stereocenters. The van der Waals surface area contributed by atoms with E-state index >= 15 is 0 Å². The van der Waals surface area contributed by atoms with Gasteiger partial charge in [-0.1, -0.05) is 47.7 Å². The van der Waals surface area contributed by atoms with Gasteiger partial charge < -0.3 is 0 Å². The summed E-state index contributed by atoms with van der Waals surface area (Å²) in [6.45, 7) is 1.47. The molecule has 1 heterocycles. The van der Waals surface area contributed by atoms with Crippen molar-refractivity contribution in [3.63, 3.8) is 0 Å². The molecule has 0 radical (unpaired) electrons. The Bertz CT molecular complexity index is 1460. The maximum absolute atomic E-state index is 14.8. The zero-order valence-electron chi connectivity index (χ0n) is 21.4. The Hall–Kier alpha value is -3.65. The highest BCUT2D eigenvalue weighted by atomic mass is 32.2. The molecule has 1 amide bonds. The fourth-order valence-corrected chi connectivity index (χ4v) is 6.22. The zero-order chi connectivity index (χ0) is 27.5. The fourth-order valence-electron chi connectivity index (χ4n) is 5.00. The predicted molar refractivity (Wildman–Crippen MR) is 147 cm³/mol. The maximum Gasteiger partial charge on any atom is 0.278 e. The third kappa shape index (κ3) is 6.01. The van der Waals surface area contributed by atoms with Crippen molar-refractivity contribution in [2.75, 3.05) is 0 Å². The first-order valence-corrected chi connectivity index (χ1v) is 13.8. The number of carbonyl (C=O) groups is 2. The number of rotatable bonds is 8. The van der Waals surface area contributed by atoms with Crippen molar-refractivity contribution in [2.45, 2.75) is 50.8 Å². The summed E-state index contributed by atoms with van der Waals surface area (Å²) in [6.07, 6.45) is 6.55. The molecule has 1 aliphatic carbocycles. The first-order valence-electron chi connectivity index (χ1n) is 12.9. The van der Waals surface area contributed by atoms with E-state index in [1.165, 1.54) is 41.4 Å². The van der Waals surface area contributed by atoms with Gasteiger partial charge in [0.05, 0.1) is 5.56 Å². The summed E-state index contributed by atoms with van der Waals surface area (Å²) in [7, 11) is 0. The van der Waals surface area contributed by atoms with Crippen molar-refractivity contribution in [3.8, 4) is 0 Å². The van der Waals surface area contributed by atoms with Crippen LogP contribution in [0.4, 0.5) is 13.2 Å². The summed E-state index contributed by atoms with van der Waals surface area (Å²) in [6, 6.07) is 15.0. The van der Waals surface area contributed by atoms with Crippen LogP contribution in [0.3, 0.4) is 0 Å². The number of hydrazone groups is 1. The number of Topliss-reactive ketones (excluding diaryl/α,β-unsaturated/α-hetero) is 1. The topological polar surface area (TPSA) is 49.7 Å². The number of thioether (sulfide) groups is 1. The molecule has 1 atom stereocenters. The Kier molecular flexibility index (Phi) is 8.02. The highest BCUT2D eigenvalue weighted by Crippen LogP contribution is 2.44. The number of carbonyl (C=O) groups excluding carboxylic acids is 2. The van der Waals surface area contributed by atoms with Crippen molar-refractivity contribution >= 4 is 28.5 Å². The SMILES string of the molecule is Cc1cc(F)cc(F)c1C(=O)N1N=C(c2ccc(F)cc2)SC1c1ccccc1CCC(=O)CC1=CCCC1. The lowest BCUT2D eigenvalue weighted by molar-refractivity contribution is -0.118. The fraction of sp³-hybridized carbons (Fsp3) is 0.258. The van der Waals surface area contributed by atoms with E-state index in [4.69, 9.17) is 0 Å². The standard InChI is InChI=1S/C31H27F3N2O2S/c1-19-16-24(33)18-27(34)28(19)30(38)36-31(39-29(35-36)22-10-13-23(32)14-11-22)26-9-5-4-8-21(26)12-15-25(37)17-20-6-2-3-7-20/h4-6,8-11,13-14,16,18,31H,2-3,7,12,15,17H2,1H3. The van der Waals surface area contributed by atoms with E-state index in [0.717, 1.165) is 36.5 Å². The number of amides is 1. The third-order valence-corrected chi connectivity index (χ3v) is 8.18. The molecular weight excluding hydrogens is 521 g/mol. The number of ketones is 1. The summed E-state index contributed by atoms with van der Waals surface area (Å²) in [4.78, 5) is 26.4. The number of hydrogen-bond acceptors (Lipinski definition) is 4. The molecule has 8 heteroatoms. The normalized spacial score (nSPS) is 16.8. The lowest BCUT2D eigenvalue weighted by atomic mass is 9.98. The van der Waals surface area contributed by atoms with Gasteiger partial charge in [0, 0.05) is 24.5 Å². The Balaban J connectivity index is 1.47. The van der Waals surface area contributed by atoms with Crippen molar-refractivity contribution in [1.82, 2.24) is 5.01 Å². The summed E-state index contributed by atoms with van der Waals surface area (Å²) < 4.78 is 42.2. The summed E-state index contributed by atoms with van der Waals surface area (Å²) in [5, 5.41) is 5.55. The van der Waals surface area contributed by atoms with Crippen LogP contribution in [-0.2, 0) is 11.2 Å². The molecule has 200 valence electrons. The molecule has 0 spiro atoms. The number of aryl methyl sites for hydroxylation is 2. The molecule has 2 aliphatic rings. The van der Waals surface area contributed by atoms with Crippen molar-refractivity contribution in [1.29, 1.82) is 0 Å². The lowest BCUT2D eigenvalue weighted by Crippen LogP contribution is -2.28. The smallest absolute Gasteiger partial charge is 0.278 e. The molecule has 4 nitrogen and oxygen atoms in total. The number of benzene rings is 3. The van der Waals surface area contributed by atoms with E-state index in [1.54, 1.807) is 12.1 Å². The van der Waals surface area contributed by atoms with Crippen LogP contribution in [-0.4, -0.2) is 21.7 Å². The number of halogens is 3. The first kappa shape index (κ1) is 26.9. The molecular formula is C31H27F3N2O2S. The van der Waals surface area contributed by atoms with E-state index in [9.17, 15) is 22.8 Å². The van der Waals surface area contributed by atoms with Gasteiger partial charge in [0.15, 0.2) is 0 Å². The van der Waals surface area contributed by atoms with Crippen LogP contribution >= 0.6 is 11.8 Å². The molecule has 0 fully saturated rings. The number of hydrogen-bond donors (Lipinski definition) is 0. The van der Waals surface area contributed by atoms with Gasteiger partial charge in [-0.15, -0.1) is 0 Å². The quantitative estimate of drug-likeness (QED) is 0.272. The van der Waals surface area contributed by atoms with E-state index in [-0.39, 0.29) is 16.9 Å². The van der Waals surface area contributed by atoms with Crippen molar-refractivity contribution in [2.24, 2.45) is 5.10 Å². The molecule has 0 aromatic heterocycles. The molecule has 3 aromatic carbocycles. The molecule has 0 saturated heterocycles. The number of allylic oxidation sites excluding steroid dienone is 2. The molecule has 5 rings (SSSR count). The predicted octanol–water partition coefficient (Wildman–Crippen LogP) is 7.66. The monoisotopic (exact) mass is 548 g/mol. The van der Waals surface area contributed by atoms with Crippen LogP contribution in [0.2, 0.25) is 0 Å². The van der Waals surface area contributed by atoms with E-state index < -0.39 is 28.7 Å². The van der Waals surface area contributed by atoms with Crippen molar-refractivity contribution < 1.29 is 22.8 Å². The van der Waals surface area contributed by atoms with Gasteiger partial charge in [-0.3, -0.25) is 9.59 Å². The Morgan fingerprint density at radius 3 is 2.51 bits per heavy atom. The molecule has 39 heavy (non-hydrogen) atoms. The van der Waals surface area contributed by atoms with Gasteiger partial charge in [-0.05, 0) is 79.6 Å². The molecule has 3 aromatic rings. The molecule has 0 N–H and O–H groups in total. The van der Waals surface area contributed by atoms with Crippen LogP contribution in [0.15, 0.2) is 77.4 Å². The lowest BCUT2D eigenvalue weighted by Gasteiger charge is -2.24. The second kappa shape index (κ2) is 11.6. The second-order valence-corrected chi connectivity index (χ2v) is 10.8. The van der Waals surface area contributed by atoms with Gasteiger partial charge in [0.25, 0.3) is 5.91 Å². The minimum atomic E-state index is -0.966. The molecule has 0 saturated carbocycles. The minimum Gasteiger partial charge on any atom is -0.299 e. The minimum absolute atomic E-state index is 0.159. The second-order valence-electron chi connectivity index (χ2n) is 9.78. The Morgan fingerprint density at radius 2 is 1.79 bits per heavy atom. The van der Waals surface area contributed by atoms with Crippen LogP contribution in [0.1, 0.15) is 70.1 Å². The third-order valence-electron chi connectivity index (χ3n) is 6.96. The summed E-state index contributed by atoms with van der Waals surface area (Å²) in [5.41, 5.74) is 3.36. The van der Waals surface area contributed by atoms with Crippen LogP contribution < -0.4 is 0 Å². The average molecular weight is 549 g/mol. The number of nitrogens with zero attached hydrogens (tertiary/aromatic N) is 2. The van der Waals surface area contributed by atoms with Crippen LogP contribution in [0.25, 0.3) is 0 Å². The van der Waals surface area contributed by atoms with Gasteiger partial charge in [-0.2, -0.15) is 5.10 Å². The molecule has 1 aliphatic heterocycles. The molecule has 0 bridgehead atoms. The summed E-state index contributed by atoms with van der Waals surface area (Å²) in [5.74, 6) is -2.69.